The Hall–Kier alpha value is 0.392. The van der Waals surface area contributed by atoms with E-state index in [0.717, 1.165) is 12.8 Å². The molecule has 0 aromatic rings. The van der Waals surface area contributed by atoms with Gasteiger partial charge in [-0.15, -0.1) is 0 Å². The predicted octanol–water partition coefficient (Wildman–Crippen LogP) is 5.16. The van der Waals surface area contributed by atoms with E-state index in [1.807, 2.05) is 0 Å². The molecule has 0 aromatic carbocycles. The standard InChI is InChI=1S/C15H30O2.Cd/c1-2-3-4-5-6-7-8-9-10-11-12-13-14-15(16)17;/h2-14H2,1H3,(H,16,17);. The van der Waals surface area contributed by atoms with E-state index >= 15 is 0 Å². The van der Waals surface area contributed by atoms with Gasteiger partial charge < -0.3 is 5.11 Å². The number of aliphatic carboxylic acids is 1. The number of hydrogen-bond acceptors (Lipinski definition) is 1. The topological polar surface area (TPSA) is 37.3 Å². The number of unbranched alkanes of at least 4 members (excludes halogenated alkanes) is 11. The fraction of sp³-hybridized carbons (Fsp3) is 0.933. The van der Waals surface area contributed by atoms with Crippen LogP contribution in [-0.4, -0.2) is 11.1 Å². The van der Waals surface area contributed by atoms with Gasteiger partial charge in [0.25, 0.3) is 0 Å². The number of carbonyl (C=O) groups is 1. The molecule has 1 N–H and O–H groups in total. The third-order valence-electron chi connectivity index (χ3n) is 3.24. The molecule has 0 spiro atoms. The molecule has 0 atom stereocenters. The van der Waals surface area contributed by atoms with Crippen molar-refractivity contribution in [1.29, 1.82) is 0 Å². The quantitative estimate of drug-likeness (QED) is 0.366. The van der Waals surface area contributed by atoms with Crippen LogP contribution < -0.4 is 0 Å². The summed E-state index contributed by atoms with van der Waals surface area (Å²) in [4.78, 5) is 10.3. The molecule has 0 saturated carbocycles. The average molecular weight is 355 g/mol. The number of carboxylic acids is 1. The Morgan fingerprint density at radius 2 is 1.06 bits per heavy atom. The second-order valence-electron chi connectivity index (χ2n) is 5.03. The van der Waals surface area contributed by atoms with Crippen LogP contribution in [0, 0.1) is 0 Å². The van der Waals surface area contributed by atoms with Crippen LogP contribution in [0.15, 0.2) is 0 Å². The first-order valence-electron chi connectivity index (χ1n) is 7.49. The van der Waals surface area contributed by atoms with E-state index in [9.17, 15) is 4.79 Å². The fourth-order valence-electron chi connectivity index (χ4n) is 2.12. The van der Waals surface area contributed by atoms with Crippen LogP contribution in [0.1, 0.15) is 90.4 Å². The SMILES string of the molecule is CCCCCCCCCCCCCCC(=O)O.[Cd]. The Kier molecular flexibility index (Phi) is 20.0. The van der Waals surface area contributed by atoms with E-state index in [1.54, 1.807) is 0 Å². The molecular formula is C15H30CdO2. The maximum Gasteiger partial charge on any atom is 0.303 e. The Morgan fingerprint density at radius 1 is 0.722 bits per heavy atom. The van der Waals surface area contributed by atoms with Crippen LogP contribution in [0.3, 0.4) is 0 Å². The molecule has 0 aliphatic rings. The summed E-state index contributed by atoms with van der Waals surface area (Å²) in [6.07, 6.45) is 15.8. The van der Waals surface area contributed by atoms with Crippen LogP contribution in [-0.2, 0) is 32.1 Å². The normalized spacial score (nSPS) is 10.1. The van der Waals surface area contributed by atoms with Crippen molar-refractivity contribution in [3.8, 4) is 0 Å². The summed E-state index contributed by atoms with van der Waals surface area (Å²) in [6.45, 7) is 2.25. The van der Waals surface area contributed by atoms with Crippen LogP contribution in [0.25, 0.3) is 0 Å². The summed E-state index contributed by atoms with van der Waals surface area (Å²) in [5.74, 6) is -0.655. The summed E-state index contributed by atoms with van der Waals surface area (Å²) in [6, 6.07) is 0. The Morgan fingerprint density at radius 3 is 1.39 bits per heavy atom. The first kappa shape index (κ1) is 20.7. The molecule has 0 aliphatic heterocycles. The van der Waals surface area contributed by atoms with Crippen molar-refractivity contribution in [2.75, 3.05) is 0 Å². The molecule has 0 amide bonds. The van der Waals surface area contributed by atoms with Crippen molar-refractivity contribution in [3.05, 3.63) is 0 Å². The molecule has 0 radical (unpaired) electrons. The van der Waals surface area contributed by atoms with Gasteiger partial charge in [-0.05, 0) is 6.42 Å². The maximum atomic E-state index is 10.3. The monoisotopic (exact) mass is 356 g/mol. The van der Waals surface area contributed by atoms with Gasteiger partial charge in [0.15, 0.2) is 0 Å². The predicted molar refractivity (Wildman–Crippen MR) is 73.3 cm³/mol. The molecule has 0 aliphatic carbocycles. The van der Waals surface area contributed by atoms with Crippen molar-refractivity contribution < 1.29 is 37.2 Å². The minimum atomic E-state index is -0.655. The van der Waals surface area contributed by atoms with E-state index in [2.05, 4.69) is 6.92 Å². The minimum absolute atomic E-state index is 0. The molecule has 0 heterocycles. The first-order chi connectivity index (χ1) is 8.27. The molecule has 2 nitrogen and oxygen atoms in total. The smallest absolute Gasteiger partial charge is 0.303 e. The van der Waals surface area contributed by atoms with E-state index in [4.69, 9.17) is 5.11 Å². The Bertz CT molecular complexity index is 172. The van der Waals surface area contributed by atoms with Crippen LogP contribution in [0.4, 0.5) is 0 Å². The van der Waals surface area contributed by atoms with Gasteiger partial charge in [0.1, 0.15) is 0 Å². The zero-order valence-electron chi connectivity index (χ0n) is 12.3. The van der Waals surface area contributed by atoms with Gasteiger partial charge in [0, 0.05) is 33.7 Å². The third-order valence-corrected chi connectivity index (χ3v) is 3.24. The summed E-state index contributed by atoms with van der Waals surface area (Å²) < 4.78 is 0. The second-order valence-corrected chi connectivity index (χ2v) is 5.03. The van der Waals surface area contributed by atoms with Gasteiger partial charge in [-0.25, -0.2) is 0 Å². The molecule has 0 bridgehead atoms. The van der Waals surface area contributed by atoms with Gasteiger partial charge in [-0.1, -0.05) is 77.6 Å². The summed E-state index contributed by atoms with van der Waals surface area (Å²) >= 11 is 0. The van der Waals surface area contributed by atoms with E-state index in [0.29, 0.717) is 6.42 Å². The van der Waals surface area contributed by atoms with Gasteiger partial charge in [-0.2, -0.15) is 0 Å². The molecule has 0 aromatic heterocycles. The van der Waals surface area contributed by atoms with Gasteiger partial charge in [0.05, 0.1) is 0 Å². The third kappa shape index (κ3) is 18.7. The summed E-state index contributed by atoms with van der Waals surface area (Å²) in [5, 5.41) is 8.47. The van der Waals surface area contributed by atoms with E-state index in [1.165, 1.54) is 64.2 Å². The van der Waals surface area contributed by atoms with Crippen molar-refractivity contribution >= 4 is 5.97 Å². The summed E-state index contributed by atoms with van der Waals surface area (Å²) in [5.41, 5.74) is 0. The Balaban J connectivity index is 0. The van der Waals surface area contributed by atoms with Crippen LogP contribution in [0.5, 0.6) is 0 Å². The van der Waals surface area contributed by atoms with Crippen molar-refractivity contribution in [1.82, 2.24) is 0 Å². The second kappa shape index (κ2) is 17.4. The van der Waals surface area contributed by atoms with Crippen LogP contribution in [0.2, 0.25) is 0 Å². The molecule has 3 heteroatoms. The van der Waals surface area contributed by atoms with Gasteiger partial charge in [0.2, 0.25) is 0 Å². The van der Waals surface area contributed by atoms with E-state index < -0.39 is 5.97 Å². The van der Waals surface area contributed by atoms with Gasteiger partial charge >= 0.3 is 5.97 Å². The average Bonchev–Trinajstić information content (AvgIpc) is 2.30. The fourth-order valence-corrected chi connectivity index (χ4v) is 2.12. The number of carboxylic acid groups (broad SMARTS) is 1. The van der Waals surface area contributed by atoms with Crippen molar-refractivity contribution in [2.24, 2.45) is 0 Å². The summed E-state index contributed by atoms with van der Waals surface area (Å²) in [7, 11) is 0. The molecular weight excluding hydrogens is 325 g/mol. The molecule has 104 valence electrons. The van der Waals surface area contributed by atoms with E-state index in [-0.39, 0.29) is 27.3 Å². The van der Waals surface area contributed by atoms with Crippen molar-refractivity contribution in [3.63, 3.8) is 0 Å². The number of rotatable bonds is 13. The Labute approximate surface area is 133 Å². The number of hydrogen-bond donors (Lipinski definition) is 1. The zero-order valence-corrected chi connectivity index (χ0v) is 16.3. The molecule has 0 fully saturated rings. The molecule has 0 rings (SSSR count). The molecule has 0 unspecified atom stereocenters. The van der Waals surface area contributed by atoms with Crippen LogP contribution >= 0.6 is 0 Å². The maximum absolute atomic E-state index is 10.3. The first-order valence-corrected chi connectivity index (χ1v) is 7.49. The van der Waals surface area contributed by atoms with Crippen molar-refractivity contribution in [2.45, 2.75) is 90.4 Å². The minimum Gasteiger partial charge on any atom is -0.481 e. The largest absolute Gasteiger partial charge is 0.481 e. The van der Waals surface area contributed by atoms with Gasteiger partial charge in [-0.3, -0.25) is 4.79 Å². The molecule has 0 saturated heterocycles. The molecule has 18 heavy (non-hydrogen) atoms. The zero-order chi connectivity index (χ0) is 12.8.